The van der Waals surface area contributed by atoms with Gasteiger partial charge in [-0.3, -0.25) is 0 Å². The Morgan fingerprint density at radius 1 is 0.630 bits per heavy atom. The summed E-state index contributed by atoms with van der Waals surface area (Å²) in [6, 6.07) is 8.16. The van der Waals surface area contributed by atoms with Crippen molar-refractivity contribution >= 4 is 31.2 Å². The summed E-state index contributed by atoms with van der Waals surface area (Å²) in [6.45, 7) is 1.76. The monoisotopic (exact) mass is 742 g/mol. The van der Waals surface area contributed by atoms with Crippen molar-refractivity contribution in [2.75, 3.05) is 11.5 Å². The normalized spacial score (nSPS) is 18.4. The first-order valence-electron chi connectivity index (χ1n) is 12.4. The van der Waals surface area contributed by atoms with Crippen LogP contribution >= 0.6 is 10.3 Å². The van der Waals surface area contributed by atoms with E-state index in [1.54, 1.807) is 6.92 Å². The van der Waals surface area contributed by atoms with Crippen LogP contribution < -0.4 is 0 Å². The van der Waals surface area contributed by atoms with Gasteiger partial charge in [-0.05, 0) is 35.2 Å². The van der Waals surface area contributed by atoms with Crippen LogP contribution in [0.2, 0.25) is 0 Å². The SMILES string of the molecule is CCCc1ccc(S2(OS(=O)(=O)C(F)(F)C(F)(F)C(F)(F)C(F)(F)C(F)(F)C(F)(F)C(F)(F)C(F)(F)F)CCC2)c2ccccc12. The van der Waals surface area contributed by atoms with Gasteiger partial charge in [0.1, 0.15) is 0 Å². The fourth-order valence-corrected chi connectivity index (χ4v) is 9.54. The first kappa shape index (κ1) is 38.2. The Bertz CT molecular complexity index is 1570. The van der Waals surface area contributed by atoms with Crippen molar-refractivity contribution < 1.29 is 86.7 Å². The van der Waals surface area contributed by atoms with Crippen LogP contribution in [0, 0.1) is 0 Å². The Morgan fingerprint density at radius 3 is 1.48 bits per heavy atom. The lowest BCUT2D eigenvalue weighted by Gasteiger charge is -2.48. The summed E-state index contributed by atoms with van der Waals surface area (Å²) in [4.78, 5) is -0.227. The molecule has 2 aromatic rings. The highest BCUT2D eigenvalue weighted by Crippen LogP contribution is 2.69. The highest BCUT2D eigenvalue weighted by atomic mass is 32.3. The van der Waals surface area contributed by atoms with Crippen LogP contribution in [0.5, 0.6) is 0 Å². The van der Waals surface area contributed by atoms with Crippen LogP contribution in [-0.4, -0.2) is 66.9 Å². The molecule has 1 saturated heterocycles. The van der Waals surface area contributed by atoms with Crippen molar-refractivity contribution in [1.82, 2.24) is 0 Å². The van der Waals surface area contributed by atoms with Gasteiger partial charge in [0, 0.05) is 16.4 Å². The first-order valence-corrected chi connectivity index (χ1v) is 15.7. The van der Waals surface area contributed by atoms with Gasteiger partial charge >= 0.3 is 57.1 Å². The minimum absolute atomic E-state index is 0.0548. The maximum atomic E-state index is 14.8. The molecule has 3 rings (SSSR count). The molecule has 0 amide bonds. The van der Waals surface area contributed by atoms with Gasteiger partial charge in [-0.25, -0.2) is 3.63 Å². The number of alkyl halides is 17. The molecule has 1 heterocycles. The lowest BCUT2D eigenvalue weighted by molar-refractivity contribution is -0.458. The minimum Gasteiger partial charge on any atom is -0.211 e. The van der Waals surface area contributed by atoms with Gasteiger partial charge in [0.2, 0.25) is 0 Å². The second kappa shape index (κ2) is 11.2. The fraction of sp³-hybridized carbons (Fsp3) is 0.583. The van der Waals surface area contributed by atoms with Crippen molar-refractivity contribution in [3.8, 4) is 0 Å². The maximum absolute atomic E-state index is 14.8. The molecule has 1 aliphatic rings. The van der Waals surface area contributed by atoms with Crippen LogP contribution in [0.3, 0.4) is 0 Å². The Morgan fingerprint density at radius 2 is 1.07 bits per heavy atom. The molecule has 3 nitrogen and oxygen atoms in total. The van der Waals surface area contributed by atoms with Gasteiger partial charge in [-0.15, -0.1) is 0 Å². The van der Waals surface area contributed by atoms with E-state index in [1.807, 2.05) is 0 Å². The van der Waals surface area contributed by atoms with Crippen LogP contribution in [0.15, 0.2) is 41.3 Å². The zero-order valence-electron chi connectivity index (χ0n) is 22.5. The third kappa shape index (κ3) is 5.09. The predicted octanol–water partition coefficient (Wildman–Crippen LogP) is 9.59. The second-order valence-corrected chi connectivity index (χ2v) is 14.9. The fourth-order valence-electron chi connectivity index (χ4n) is 4.40. The van der Waals surface area contributed by atoms with E-state index < -0.39 is 78.9 Å². The number of hydrogen-bond acceptors (Lipinski definition) is 3. The maximum Gasteiger partial charge on any atom is 0.460 e. The molecule has 0 spiro atoms. The molecule has 0 aromatic heterocycles. The quantitative estimate of drug-likeness (QED) is 0.204. The van der Waals surface area contributed by atoms with Gasteiger partial charge in [0.25, 0.3) is 0 Å². The Hall–Kier alpha value is -2.23. The Balaban J connectivity index is 2.12. The van der Waals surface area contributed by atoms with Gasteiger partial charge in [0.15, 0.2) is 0 Å². The standard InChI is InChI=1S/C24H19F17O3S2/c1-2-6-13-9-10-16(15-8-4-3-7-14(13)15)45(11-5-12-45)44-46(42,43)24(40,41)22(35,36)20(31,32)18(27,28)17(25,26)19(29,30)21(33,34)23(37,38)39/h3-4,7-10H,2,5-6,11-12H2,1H3. The summed E-state index contributed by atoms with van der Waals surface area (Å²) in [6.07, 6.45) is -6.98. The topological polar surface area (TPSA) is 43.4 Å². The Labute approximate surface area is 249 Å². The van der Waals surface area contributed by atoms with E-state index in [0.29, 0.717) is 23.8 Å². The molecule has 0 N–H and O–H groups in total. The molecule has 22 heteroatoms. The average Bonchev–Trinajstić information content (AvgIpc) is 2.89. The number of aryl methyl sites for hydroxylation is 1. The van der Waals surface area contributed by atoms with Gasteiger partial charge < -0.3 is 0 Å². The summed E-state index contributed by atoms with van der Waals surface area (Å²) < 4.78 is 262. The van der Waals surface area contributed by atoms with E-state index in [-0.39, 0.29) is 16.7 Å². The molecule has 0 saturated carbocycles. The molecule has 0 radical (unpaired) electrons. The third-order valence-electron chi connectivity index (χ3n) is 7.07. The van der Waals surface area contributed by atoms with Crippen LogP contribution in [0.25, 0.3) is 10.8 Å². The summed E-state index contributed by atoms with van der Waals surface area (Å²) in [5.41, 5.74) is 0.617. The molecular formula is C24H19F17O3S2. The lowest BCUT2D eigenvalue weighted by atomic mass is 9.91. The second-order valence-electron chi connectivity index (χ2n) is 10.1. The highest BCUT2D eigenvalue weighted by molar-refractivity contribution is 8.34. The van der Waals surface area contributed by atoms with E-state index in [4.69, 9.17) is 0 Å². The van der Waals surface area contributed by atoms with Gasteiger partial charge in [-0.1, -0.05) is 54.0 Å². The summed E-state index contributed by atoms with van der Waals surface area (Å²) in [5.74, 6) is -53.0. The molecule has 0 atom stereocenters. The molecule has 0 bridgehead atoms. The largest absolute Gasteiger partial charge is 0.460 e. The van der Waals surface area contributed by atoms with Crippen molar-refractivity contribution in [1.29, 1.82) is 0 Å². The average molecular weight is 743 g/mol. The van der Waals surface area contributed by atoms with Crippen molar-refractivity contribution in [2.45, 2.75) is 78.0 Å². The number of fused-ring (bicyclic) bond motifs is 1. The van der Waals surface area contributed by atoms with Gasteiger partial charge in [0.05, 0.1) is 0 Å². The van der Waals surface area contributed by atoms with E-state index >= 15 is 0 Å². The zero-order valence-corrected chi connectivity index (χ0v) is 24.1. The molecule has 264 valence electrons. The van der Waals surface area contributed by atoms with Crippen molar-refractivity contribution in [3.05, 3.63) is 42.0 Å². The molecule has 0 unspecified atom stereocenters. The van der Waals surface area contributed by atoms with Gasteiger partial charge in [-0.2, -0.15) is 83.1 Å². The molecule has 0 aliphatic carbocycles. The minimum atomic E-state index is -8.90. The lowest BCUT2D eigenvalue weighted by Crippen LogP contribution is -2.75. The van der Waals surface area contributed by atoms with Crippen molar-refractivity contribution in [3.63, 3.8) is 0 Å². The summed E-state index contributed by atoms with van der Waals surface area (Å²) in [5, 5.41) is -7.22. The van der Waals surface area contributed by atoms with E-state index in [1.165, 1.54) is 30.3 Å². The summed E-state index contributed by atoms with van der Waals surface area (Å²) in [7, 11) is -11.4. The smallest absolute Gasteiger partial charge is 0.211 e. The van der Waals surface area contributed by atoms with Crippen LogP contribution in [0.1, 0.15) is 25.3 Å². The van der Waals surface area contributed by atoms with Crippen LogP contribution in [0.4, 0.5) is 74.6 Å². The first-order chi connectivity index (χ1) is 20.5. The predicted molar refractivity (Wildman–Crippen MR) is 129 cm³/mol. The third-order valence-corrected chi connectivity index (χ3v) is 12.8. The number of hydrogen-bond donors (Lipinski definition) is 0. The van der Waals surface area contributed by atoms with E-state index in [2.05, 4.69) is 3.63 Å². The molecule has 1 fully saturated rings. The zero-order chi connectivity index (χ0) is 35.8. The highest BCUT2D eigenvalue weighted by Gasteiger charge is 2.96. The number of halogens is 17. The van der Waals surface area contributed by atoms with E-state index in [9.17, 15) is 83.1 Å². The molecular weight excluding hydrogens is 723 g/mol. The molecule has 1 aliphatic heterocycles. The van der Waals surface area contributed by atoms with Crippen molar-refractivity contribution in [2.24, 2.45) is 0 Å². The van der Waals surface area contributed by atoms with Crippen LogP contribution in [-0.2, 0) is 20.2 Å². The summed E-state index contributed by atoms with van der Waals surface area (Å²) >= 11 is 0. The number of rotatable bonds is 12. The molecule has 46 heavy (non-hydrogen) atoms. The van der Waals surface area contributed by atoms with E-state index in [0.717, 1.165) is 6.07 Å². The molecule has 2 aromatic carbocycles. The number of benzene rings is 2. The Kier molecular flexibility index (Phi) is 9.27.